The lowest BCUT2D eigenvalue weighted by Gasteiger charge is -1.95. The summed E-state index contributed by atoms with van der Waals surface area (Å²) in [6, 6.07) is 9.30. The molecule has 0 atom stereocenters. The van der Waals surface area contributed by atoms with Crippen LogP contribution in [0.2, 0.25) is 0 Å². The SMILES string of the molecule is Cc1ccc2oc(-c3cc(C(=O)O)nn3C)cc2c1. The van der Waals surface area contributed by atoms with Gasteiger partial charge in [0.1, 0.15) is 11.3 Å². The van der Waals surface area contributed by atoms with E-state index in [-0.39, 0.29) is 5.69 Å². The lowest BCUT2D eigenvalue weighted by Crippen LogP contribution is -1.99. The van der Waals surface area contributed by atoms with E-state index >= 15 is 0 Å². The van der Waals surface area contributed by atoms with E-state index in [2.05, 4.69) is 5.10 Å². The topological polar surface area (TPSA) is 68.3 Å². The van der Waals surface area contributed by atoms with E-state index in [1.54, 1.807) is 7.05 Å². The average Bonchev–Trinajstić information content (AvgIpc) is 2.91. The molecule has 0 amide bonds. The third-order valence-electron chi connectivity index (χ3n) is 3.02. The van der Waals surface area contributed by atoms with Crippen LogP contribution in [0, 0.1) is 6.92 Å². The lowest BCUT2D eigenvalue weighted by atomic mass is 10.2. The molecule has 5 heteroatoms. The van der Waals surface area contributed by atoms with Crippen LogP contribution in [0.25, 0.3) is 22.4 Å². The molecule has 0 saturated heterocycles. The number of carboxylic acids is 1. The van der Waals surface area contributed by atoms with Crippen LogP contribution in [0.5, 0.6) is 0 Å². The van der Waals surface area contributed by atoms with Crippen molar-refractivity contribution in [2.24, 2.45) is 7.05 Å². The van der Waals surface area contributed by atoms with E-state index in [4.69, 9.17) is 9.52 Å². The van der Waals surface area contributed by atoms with Gasteiger partial charge in [0.05, 0.1) is 0 Å². The van der Waals surface area contributed by atoms with Gasteiger partial charge in [-0.15, -0.1) is 0 Å². The molecule has 1 N–H and O–H groups in total. The molecule has 0 spiro atoms. The number of aryl methyl sites for hydroxylation is 2. The van der Waals surface area contributed by atoms with E-state index in [0.29, 0.717) is 11.5 Å². The first-order valence-corrected chi connectivity index (χ1v) is 5.82. The van der Waals surface area contributed by atoms with Gasteiger partial charge in [-0.3, -0.25) is 4.68 Å². The Hall–Kier alpha value is -2.56. The third-order valence-corrected chi connectivity index (χ3v) is 3.02. The molecule has 5 nitrogen and oxygen atoms in total. The zero-order valence-corrected chi connectivity index (χ0v) is 10.5. The maximum Gasteiger partial charge on any atom is 0.356 e. The number of furan rings is 1. The van der Waals surface area contributed by atoms with Gasteiger partial charge < -0.3 is 9.52 Å². The number of carbonyl (C=O) groups is 1. The molecule has 1 aromatic carbocycles. The fourth-order valence-electron chi connectivity index (χ4n) is 2.09. The molecule has 0 fully saturated rings. The summed E-state index contributed by atoms with van der Waals surface area (Å²) in [4.78, 5) is 10.9. The summed E-state index contributed by atoms with van der Waals surface area (Å²) in [5.41, 5.74) is 2.58. The van der Waals surface area contributed by atoms with Gasteiger partial charge in [0, 0.05) is 18.5 Å². The molecule has 2 aromatic heterocycles. The van der Waals surface area contributed by atoms with Gasteiger partial charge in [0.15, 0.2) is 11.5 Å². The van der Waals surface area contributed by atoms with Crippen LogP contribution < -0.4 is 0 Å². The second-order valence-electron chi connectivity index (χ2n) is 4.50. The second kappa shape index (κ2) is 3.98. The number of fused-ring (bicyclic) bond motifs is 1. The molecule has 0 saturated carbocycles. The van der Waals surface area contributed by atoms with Gasteiger partial charge in [-0.1, -0.05) is 11.6 Å². The number of nitrogens with zero attached hydrogens (tertiary/aromatic N) is 2. The van der Waals surface area contributed by atoms with Gasteiger partial charge in [0.2, 0.25) is 0 Å². The van der Waals surface area contributed by atoms with E-state index in [0.717, 1.165) is 16.5 Å². The highest BCUT2D eigenvalue weighted by atomic mass is 16.4. The number of carboxylic acid groups (broad SMARTS) is 1. The molecule has 2 heterocycles. The zero-order chi connectivity index (χ0) is 13.6. The molecular weight excluding hydrogens is 244 g/mol. The van der Waals surface area contributed by atoms with Gasteiger partial charge in [0.25, 0.3) is 0 Å². The Labute approximate surface area is 109 Å². The fraction of sp³-hybridized carbons (Fsp3) is 0.143. The standard InChI is InChI=1S/C14H12N2O3/c1-8-3-4-12-9(5-8)6-13(19-12)11-7-10(14(17)18)15-16(11)2/h3-7H,1-2H3,(H,17,18). The minimum absolute atomic E-state index is 0.00846. The molecular formula is C14H12N2O3. The highest BCUT2D eigenvalue weighted by molar-refractivity contribution is 5.88. The first kappa shape index (κ1) is 11.5. The van der Waals surface area contributed by atoms with Crippen LogP contribution in [0.1, 0.15) is 16.1 Å². The summed E-state index contributed by atoms with van der Waals surface area (Å²) in [5.74, 6) is -0.433. The summed E-state index contributed by atoms with van der Waals surface area (Å²) in [7, 11) is 1.69. The molecule has 3 aromatic rings. The van der Waals surface area contributed by atoms with Gasteiger partial charge in [-0.25, -0.2) is 4.79 Å². The number of hydrogen-bond acceptors (Lipinski definition) is 3. The normalized spacial score (nSPS) is 11.1. The minimum atomic E-state index is -1.05. The monoisotopic (exact) mass is 256 g/mol. The quantitative estimate of drug-likeness (QED) is 0.765. The molecule has 96 valence electrons. The molecule has 19 heavy (non-hydrogen) atoms. The first-order chi connectivity index (χ1) is 9.04. The van der Waals surface area contributed by atoms with Crippen molar-refractivity contribution in [1.82, 2.24) is 9.78 Å². The summed E-state index contributed by atoms with van der Waals surface area (Å²) in [5, 5.41) is 13.9. The number of aromatic carboxylic acids is 1. The second-order valence-corrected chi connectivity index (χ2v) is 4.50. The van der Waals surface area contributed by atoms with Gasteiger partial charge in [-0.2, -0.15) is 5.10 Å². The molecule has 3 rings (SSSR count). The van der Waals surface area contributed by atoms with Crippen LogP contribution in [-0.2, 0) is 7.05 Å². The van der Waals surface area contributed by atoms with Crippen molar-refractivity contribution in [2.45, 2.75) is 6.92 Å². The highest BCUT2D eigenvalue weighted by Crippen LogP contribution is 2.28. The molecule has 0 aliphatic heterocycles. The van der Waals surface area contributed by atoms with E-state index < -0.39 is 5.97 Å². The van der Waals surface area contributed by atoms with Crippen molar-refractivity contribution in [3.05, 3.63) is 41.6 Å². The van der Waals surface area contributed by atoms with E-state index in [1.165, 1.54) is 10.7 Å². The fourth-order valence-corrected chi connectivity index (χ4v) is 2.09. The van der Waals surface area contributed by atoms with Crippen LogP contribution in [0.15, 0.2) is 34.7 Å². The first-order valence-electron chi connectivity index (χ1n) is 5.82. The summed E-state index contributed by atoms with van der Waals surface area (Å²) < 4.78 is 7.24. The Kier molecular flexibility index (Phi) is 2.41. The van der Waals surface area contributed by atoms with E-state index in [1.807, 2.05) is 31.2 Å². The molecule has 0 aliphatic rings. The van der Waals surface area contributed by atoms with Crippen LogP contribution >= 0.6 is 0 Å². The summed E-state index contributed by atoms with van der Waals surface area (Å²) in [6.45, 7) is 2.01. The number of rotatable bonds is 2. The predicted molar refractivity (Wildman–Crippen MR) is 70.1 cm³/mol. The summed E-state index contributed by atoms with van der Waals surface area (Å²) in [6.07, 6.45) is 0. The third kappa shape index (κ3) is 1.89. The number of hydrogen-bond donors (Lipinski definition) is 1. The van der Waals surface area contributed by atoms with Crippen molar-refractivity contribution in [2.75, 3.05) is 0 Å². The van der Waals surface area contributed by atoms with E-state index in [9.17, 15) is 4.79 Å². The minimum Gasteiger partial charge on any atom is -0.476 e. The van der Waals surface area contributed by atoms with Gasteiger partial charge >= 0.3 is 5.97 Å². The Morgan fingerprint density at radius 1 is 1.32 bits per heavy atom. The van der Waals surface area contributed by atoms with Crippen LogP contribution in [0.3, 0.4) is 0 Å². The highest BCUT2D eigenvalue weighted by Gasteiger charge is 2.15. The molecule has 0 radical (unpaired) electrons. The predicted octanol–water partition coefficient (Wildman–Crippen LogP) is 2.84. The Morgan fingerprint density at radius 3 is 2.79 bits per heavy atom. The smallest absolute Gasteiger partial charge is 0.356 e. The van der Waals surface area contributed by atoms with Crippen LogP contribution in [0.4, 0.5) is 0 Å². The lowest BCUT2D eigenvalue weighted by molar-refractivity contribution is 0.0689. The Morgan fingerprint density at radius 2 is 2.11 bits per heavy atom. The Balaban J connectivity index is 2.16. The van der Waals surface area contributed by atoms with Crippen molar-refractivity contribution in [3.63, 3.8) is 0 Å². The van der Waals surface area contributed by atoms with Crippen molar-refractivity contribution < 1.29 is 14.3 Å². The largest absolute Gasteiger partial charge is 0.476 e. The van der Waals surface area contributed by atoms with Crippen LogP contribution in [-0.4, -0.2) is 20.9 Å². The van der Waals surface area contributed by atoms with Crippen molar-refractivity contribution >= 4 is 16.9 Å². The average molecular weight is 256 g/mol. The van der Waals surface area contributed by atoms with Gasteiger partial charge in [-0.05, 0) is 25.1 Å². The maximum absolute atomic E-state index is 10.9. The maximum atomic E-state index is 10.9. The van der Waals surface area contributed by atoms with Crippen molar-refractivity contribution in [3.8, 4) is 11.5 Å². The number of benzene rings is 1. The molecule has 0 bridgehead atoms. The molecule has 0 unspecified atom stereocenters. The Bertz CT molecular complexity index is 783. The molecule has 0 aliphatic carbocycles. The zero-order valence-electron chi connectivity index (χ0n) is 10.5. The number of aromatic nitrogens is 2. The van der Waals surface area contributed by atoms with Crippen molar-refractivity contribution in [1.29, 1.82) is 0 Å². The summed E-state index contributed by atoms with van der Waals surface area (Å²) >= 11 is 0.